The zero-order valence-electron chi connectivity index (χ0n) is 76.4. The lowest BCUT2D eigenvalue weighted by molar-refractivity contribution is -0.116. The van der Waals surface area contributed by atoms with Crippen molar-refractivity contribution in [2.45, 2.75) is 77.9 Å². The van der Waals surface area contributed by atoms with Crippen LogP contribution < -0.4 is 59.8 Å². The van der Waals surface area contributed by atoms with Gasteiger partial charge in [0, 0.05) is 132 Å². The van der Waals surface area contributed by atoms with E-state index in [4.69, 9.17) is 11.6 Å². The first kappa shape index (κ1) is 101. The van der Waals surface area contributed by atoms with Crippen molar-refractivity contribution in [3.8, 4) is 0 Å². The molecular formula is C97H95ClN20O16S8. The summed E-state index contributed by atoms with van der Waals surface area (Å²) in [7, 11) is -12.5. The van der Waals surface area contributed by atoms with Gasteiger partial charge < -0.3 is 24.2 Å². The van der Waals surface area contributed by atoms with Crippen LogP contribution >= 0.6 is 58.6 Å². The van der Waals surface area contributed by atoms with E-state index in [9.17, 15) is 72.0 Å². The van der Waals surface area contributed by atoms with Crippen molar-refractivity contribution < 1.29 is 72.0 Å². The molecule has 8 N–H and O–H groups in total. The Balaban J connectivity index is 0.000000130. The second-order valence-electron chi connectivity index (χ2n) is 34.6. The SMILES string of the molecule is Cc1ccc2cc(S(=O)(=O)NCC3CCN(c4nccc(/C=C5\SC(=O)NC5=O)n4)CC3)ccc2c1.Cn1ccc2cc(S(=O)(=O)NCC3CCN(c4nccc(/C=C5\SC(=O)NC5=O)n4)CC3)ccc21.O=C1NC(=O)/C(=C/c2cccc(N3CCC(CNS(=O)(=O)c4ccc5c(Cl)cccc5c4)CC3)n2)S1.O=C1NC(=O)/C(=C/c2ccnc(N3CCC(CNS(=O)(=O)c4ccc5ccccc5c4)CC3)n2)S1. The Kier molecular flexibility index (Phi) is 31.6. The Bertz CT molecular complexity index is 7620. The number of anilines is 4. The van der Waals surface area contributed by atoms with Crippen molar-refractivity contribution in [2.24, 2.45) is 30.7 Å². The fourth-order valence-electron chi connectivity index (χ4n) is 17.0. The van der Waals surface area contributed by atoms with Crippen LogP contribution in [0, 0.1) is 30.6 Å². The Hall–Kier alpha value is -12.7. The third kappa shape index (κ3) is 25.5. The molecular weight excluding hydrogens is 1990 g/mol. The lowest BCUT2D eigenvalue weighted by atomic mass is 9.97. The molecule has 20 rings (SSSR count). The highest BCUT2D eigenvalue weighted by atomic mass is 35.5. The summed E-state index contributed by atoms with van der Waals surface area (Å²) in [6.45, 7) is 9.11. The van der Waals surface area contributed by atoms with Crippen LogP contribution in [0.1, 0.15) is 79.7 Å². The lowest BCUT2D eigenvalue weighted by Gasteiger charge is -2.33. The number of thioether (sulfide) groups is 4. The van der Waals surface area contributed by atoms with E-state index in [0.717, 1.165) is 166 Å². The summed E-state index contributed by atoms with van der Waals surface area (Å²) in [6.07, 6.45) is 19.5. The van der Waals surface area contributed by atoms with Crippen molar-refractivity contribution in [1.82, 2.24) is 79.6 Å². The number of hydrogen-bond donors (Lipinski definition) is 8. The van der Waals surface area contributed by atoms with Crippen LogP contribution in [0.15, 0.2) is 240 Å². The highest BCUT2D eigenvalue weighted by Crippen LogP contribution is 2.35. The van der Waals surface area contributed by atoms with Crippen molar-refractivity contribution in [3.63, 3.8) is 0 Å². The minimum Gasteiger partial charge on any atom is -0.357 e. The number of amides is 8. The summed E-state index contributed by atoms with van der Waals surface area (Å²) in [5, 5.41) is 14.2. The first-order valence-corrected chi connectivity index (χ1v) is 55.0. The molecule has 8 aliphatic heterocycles. The largest absolute Gasteiger partial charge is 0.357 e. The van der Waals surface area contributed by atoms with E-state index in [1.54, 1.807) is 134 Å². The third-order valence-corrected chi connectivity index (χ3v) is 34.2. The Morgan fingerprint density at radius 3 is 1.09 bits per heavy atom. The first-order valence-electron chi connectivity index (χ1n) is 45.4. The molecule has 8 saturated heterocycles. The number of nitrogens with one attached hydrogen (secondary N) is 8. The van der Waals surface area contributed by atoms with Crippen LogP contribution in [0.25, 0.3) is 67.5 Å². The number of carbonyl (C=O) groups excluding carboxylic acids is 8. The number of carbonyl (C=O) groups is 8. The zero-order chi connectivity index (χ0) is 99.6. The van der Waals surface area contributed by atoms with Crippen LogP contribution in [-0.4, -0.2) is 196 Å². The molecule has 0 bridgehead atoms. The second-order valence-corrected chi connectivity index (χ2v) is 46.1. The topological polar surface area (TPSA) is 477 Å². The predicted molar refractivity (Wildman–Crippen MR) is 552 cm³/mol. The van der Waals surface area contributed by atoms with Crippen molar-refractivity contribution in [2.75, 3.05) is 98.1 Å². The van der Waals surface area contributed by atoms with E-state index in [-0.39, 0.29) is 48.5 Å². The van der Waals surface area contributed by atoms with Gasteiger partial charge in [-0.3, -0.25) is 59.6 Å². The van der Waals surface area contributed by atoms with E-state index < -0.39 is 79.4 Å². The van der Waals surface area contributed by atoms with Crippen LogP contribution in [0.2, 0.25) is 5.02 Å². The molecule has 7 aromatic carbocycles. The summed E-state index contributed by atoms with van der Waals surface area (Å²) in [5.41, 5.74) is 4.37. The molecule has 12 aromatic rings. The molecule has 45 heteroatoms. The maximum absolute atomic E-state index is 12.9. The molecule has 734 valence electrons. The minimum absolute atomic E-state index is 0.203. The van der Waals surface area contributed by atoms with E-state index in [0.29, 0.717) is 131 Å². The summed E-state index contributed by atoms with van der Waals surface area (Å²) in [6, 6.07) is 52.0. The number of piperidine rings is 4. The molecule has 0 spiro atoms. The smallest absolute Gasteiger partial charge is 0.290 e. The Morgan fingerprint density at radius 2 is 0.683 bits per heavy atom. The molecule has 0 atom stereocenters. The standard InChI is InChI=1S/C25H23ClN4O4S2.C25H25N5O4S2.C24H23N5O4S2.C23H24N6O4S2/c26-21-5-1-3-17-13-19(7-8-20(17)21)36(33,34)27-15-16-9-11-30(12-10-16)23-6-2-4-18(28-23)14-22-24(31)29-25(32)35-22;1-16-2-3-19-13-21(5-4-18(19)12-16)36(33,34)27-15-17-7-10-30(11-8-17)24-26-9-6-20(28-24)14-22-23(31)29-25(32)35-22;30-22-21(34-24(31)28-22)14-19-7-10-25-23(27-19)29-11-8-16(9-12-29)15-26-35(32,33)20-6-5-17-3-1-2-4-18(17)13-20;1-28-9-7-16-12-18(2-3-19(16)28)35(32,33)25-14-15-5-10-29(11-6-15)22-24-8-4-17(26-22)13-20-21(30)27-23(31)34-20/h1-8,13-14,16,27H,9-12,15H2,(H,29,31,32);2-6,9,12-14,17,27H,7-8,10-11,15H2,1H3,(H,29,31,32);1-7,10,13-14,16,26H,8-9,11-12,15H2,(H,28,30,31);2-4,7-9,12-13,15,25H,5-6,10-11,14H2,1H3,(H,27,30,31)/b2*22-14-;21-14-;20-13-. The number of fused-ring (bicyclic) bond motifs is 4. The second kappa shape index (κ2) is 44.4. The molecule has 5 aromatic heterocycles. The fraction of sp³-hybridized carbons (Fsp3) is 0.268. The maximum atomic E-state index is 12.9. The number of imide groups is 4. The molecule has 13 heterocycles. The van der Waals surface area contributed by atoms with Gasteiger partial charge in [-0.05, 0) is 277 Å². The average molecular weight is 2090 g/mol. The number of aryl methyl sites for hydroxylation is 2. The van der Waals surface area contributed by atoms with Gasteiger partial charge in [-0.2, -0.15) is 0 Å². The van der Waals surface area contributed by atoms with Gasteiger partial charge in [0.15, 0.2) is 0 Å². The molecule has 8 aliphatic rings. The number of sulfonamides is 4. The van der Waals surface area contributed by atoms with Crippen LogP contribution in [-0.2, 0) is 66.3 Å². The number of halogens is 1. The van der Waals surface area contributed by atoms with Crippen LogP contribution in [0.3, 0.4) is 0 Å². The van der Waals surface area contributed by atoms with E-state index >= 15 is 0 Å². The van der Waals surface area contributed by atoms with Gasteiger partial charge in [-0.25, -0.2) is 87.4 Å². The molecule has 0 radical (unpaired) electrons. The van der Waals surface area contributed by atoms with Crippen LogP contribution in [0.4, 0.5) is 42.8 Å². The van der Waals surface area contributed by atoms with Crippen LogP contribution in [0.5, 0.6) is 0 Å². The number of rotatable bonds is 24. The van der Waals surface area contributed by atoms with Gasteiger partial charge in [0.05, 0.1) is 62.0 Å². The Labute approximate surface area is 840 Å². The number of benzene rings is 7. The number of pyridine rings is 1. The van der Waals surface area contributed by atoms with Gasteiger partial charge in [0.25, 0.3) is 44.6 Å². The van der Waals surface area contributed by atoms with Gasteiger partial charge >= 0.3 is 0 Å². The number of aromatic nitrogens is 8. The van der Waals surface area contributed by atoms with E-state index in [2.05, 4.69) is 79.9 Å². The number of hydrogen-bond acceptors (Lipinski definition) is 31. The fourth-order valence-corrected chi connectivity index (χ4v) is 24.5. The lowest BCUT2D eigenvalue weighted by Crippen LogP contribution is -2.39. The molecule has 0 aliphatic carbocycles. The summed E-state index contributed by atoms with van der Waals surface area (Å²) >= 11 is 9.60. The maximum Gasteiger partial charge on any atom is 0.290 e. The monoisotopic (exact) mass is 2090 g/mol. The van der Waals surface area contributed by atoms with Crippen molar-refractivity contribution >= 4 is 235 Å². The highest BCUT2D eigenvalue weighted by molar-refractivity contribution is 8.19. The first-order chi connectivity index (χ1) is 68.2. The van der Waals surface area contributed by atoms with Gasteiger partial charge in [0.2, 0.25) is 57.9 Å². The zero-order valence-corrected chi connectivity index (χ0v) is 83.6. The summed E-state index contributed by atoms with van der Waals surface area (Å²) in [4.78, 5) is 134. The quantitative estimate of drug-likeness (QED) is 0.0260. The van der Waals surface area contributed by atoms with Gasteiger partial charge in [-0.15, -0.1) is 0 Å². The average Bonchev–Trinajstić information content (AvgIpc) is 1.24. The predicted octanol–water partition coefficient (Wildman–Crippen LogP) is 13.5. The molecule has 0 unspecified atom stereocenters. The minimum atomic E-state index is -3.64. The van der Waals surface area contributed by atoms with Crippen molar-refractivity contribution in [3.05, 3.63) is 254 Å². The number of nitrogens with zero attached hydrogens (tertiary/aromatic N) is 12. The molecule has 0 saturated carbocycles. The van der Waals surface area contributed by atoms with Gasteiger partial charge in [-0.1, -0.05) is 96.0 Å². The summed E-state index contributed by atoms with van der Waals surface area (Å²) < 4.78 is 116. The van der Waals surface area contributed by atoms with Gasteiger partial charge in [0.1, 0.15) is 5.82 Å². The van der Waals surface area contributed by atoms with Crippen molar-refractivity contribution in [1.29, 1.82) is 0 Å². The van der Waals surface area contributed by atoms with E-state index in [1.807, 2.05) is 124 Å². The molecule has 8 fully saturated rings. The molecule has 142 heavy (non-hydrogen) atoms. The summed E-state index contributed by atoms with van der Waals surface area (Å²) in [5.74, 6) is 1.56. The third-order valence-electron chi connectivity index (χ3n) is 24.9. The Morgan fingerprint density at radius 1 is 0.352 bits per heavy atom. The highest BCUT2D eigenvalue weighted by Gasteiger charge is 2.34. The molecule has 8 amide bonds. The normalized spacial score (nSPS) is 18.4. The molecule has 36 nitrogen and oxygen atoms in total. The van der Waals surface area contributed by atoms with E-state index in [1.165, 1.54) is 0 Å².